The summed E-state index contributed by atoms with van der Waals surface area (Å²) in [4.78, 5) is 4.91. The lowest BCUT2D eigenvalue weighted by molar-refractivity contribution is -0.137. The van der Waals surface area contributed by atoms with Crippen LogP contribution in [0.3, 0.4) is 0 Å². The van der Waals surface area contributed by atoms with Crippen molar-refractivity contribution in [3.8, 4) is 11.8 Å². The molecule has 2 rings (SSSR count). The summed E-state index contributed by atoms with van der Waals surface area (Å²) >= 11 is 0. The lowest BCUT2D eigenvalue weighted by Crippen LogP contribution is -2.08. The number of ether oxygens (including phenoxy) is 1. The van der Waals surface area contributed by atoms with E-state index in [1.807, 2.05) is 6.07 Å². The van der Waals surface area contributed by atoms with Crippen molar-refractivity contribution in [3.05, 3.63) is 65.2 Å². The molecule has 0 aliphatic heterocycles. The second kappa shape index (κ2) is 8.20. The number of nitrogens with zero attached hydrogens (tertiary/aromatic N) is 2. The van der Waals surface area contributed by atoms with E-state index in [-0.39, 0.29) is 18.1 Å². The third-order valence-electron chi connectivity index (χ3n) is 3.22. The molecule has 130 valence electrons. The highest BCUT2D eigenvalue weighted by molar-refractivity contribution is 6.12. The lowest BCUT2D eigenvalue weighted by atomic mass is 10.0. The van der Waals surface area contributed by atoms with Crippen molar-refractivity contribution in [2.45, 2.75) is 19.7 Å². The van der Waals surface area contributed by atoms with E-state index in [2.05, 4.69) is 5.16 Å². The normalized spacial score (nSPS) is 11.7. The second-order valence-electron chi connectivity index (χ2n) is 4.94. The molecular weight excluding hydrogens is 333 g/mol. The van der Waals surface area contributed by atoms with E-state index >= 15 is 0 Å². The van der Waals surface area contributed by atoms with Gasteiger partial charge in [0.25, 0.3) is 0 Å². The molecule has 0 aliphatic rings. The number of benzene rings is 2. The molecule has 2 aromatic carbocycles. The summed E-state index contributed by atoms with van der Waals surface area (Å²) in [5, 5.41) is 13.0. The molecular formula is C18H15F3N2O2. The first kappa shape index (κ1) is 18.3. The molecule has 0 radical (unpaired) electrons. The van der Waals surface area contributed by atoms with Crippen LogP contribution in [0.2, 0.25) is 0 Å². The molecule has 0 saturated carbocycles. The summed E-state index contributed by atoms with van der Waals surface area (Å²) in [6.07, 6.45) is -4.44. The number of alkyl halides is 3. The number of hydrogen-bond acceptors (Lipinski definition) is 4. The Hall–Kier alpha value is -3.01. The van der Waals surface area contributed by atoms with Crippen LogP contribution in [0.25, 0.3) is 0 Å². The summed E-state index contributed by atoms with van der Waals surface area (Å²) in [6.45, 7) is 2.04. The molecule has 0 atom stereocenters. The van der Waals surface area contributed by atoms with Crippen molar-refractivity contribution in [2.24, 2.45) is 5.16 Å². The third kappa shape index (κ3) is 4.98. The monoisotopic (exact) mass is 348 g/mol. The number of oxime groups is 1. The SMILES string of the molecule is CCON=C(C#N)c1ccccc1COc1cccc(C(F)(F)F)c1. The second-order valence-corrected chi connectivity index (χ2v) is 4.94. The Morgan fingerprint density at radius 2 is 1.92 bits per heavy atom. The van der Waals surface area contributed by atoms with Crippen LogP contribution in [0.1, 0.15) is 23.6 Å². The van der Waals surface area contributed by atoms with E-state index in [4.69, 9.17) is 9.57 Å². The van der Waals surface area contributed by atoms with E-state index in [0.29, 0.717) is 17.7 Å². The molecule has 0 aliphatic carbocycles. The molecule has 4 nitrogen and oxygen atoms in total. The fourth-order valence-electron chi connectivity index (χ4n) is 2.06. The Labute approximate surface area is 143 Å². The van der Waals surface area contributed by atoms with Crippen molar-refractivity contribution >= 4 is 5.71 Å². The maximum absolute atomic E-state index is 12.7. The molecule has 7 heteroatoms. The van der Waals surface area contributed by atoms with Gasteiger partial charge in [-0.05, 0) is 30.7 Å². The van der Waals surface area contributed by atoms with Crippen molar-refractivity contribution < 1.29 is 22.7 Å². The molecule has 0 aromatic heterocycles. The Morgan fingerprint density at radius 3 is 2.60 bits per heavy atom. The van der Waals surface area contributed by atoms with Crippen LogP contribution in [-0.2, 0) is 17.6 Å². The minimum Gasteiger partial charge on any atom is -0.489 e. The minimum absolute atomic E-state index is 0.00961. The zero-order chi connectivity index (χ0) is 18.3. The molecule has 25 heavy (non-hydrogen) atoms. The Bertz CT molecular complexity index is 795. The maximum atomic E-state index is 12.7. The van der Waals surface area contributed by atoms with Crippen LogP contribution in [0, 0.1) is 11.3 Å². The van der Waals surface area contributed by atoms with E-state index in [0.717, 1.165) is 12.1 Å². The van der Waals surface area contributed by atoms with E-state index in [1.54, 1.807) is 31.2 Å². The third-order valence-corrected chi connectivity index (χ3v) is 3.22. The van der Waals surface area contributed by atoms with Gasteiger partial charge in [0.2, 0.25) is 0 Å². The van der Waals surface area contributed by atoms with Crippen molar-refractivity contribution in [2.75, 3.05) is 6.61 Å². The summed E-state index contributed by atoms with van der Waals surface area (Å²) in [6, 6.07) is 13.4. The number of hydrogen-bond donors (Lipinski definition) is 0. The minimum atomic E-state index is -4.44. The van der Waals surface area contributed by atoms with Gasteiger partial charge in [0, 0.05) is 5.56 Å². The molecule has 0 spiro atoms. The first-order chi connectivity index (χ1) is 12.0. The van der Waals surface area contributed by atoms with Gasteiger partial charge in [-0.15, -0.1) is 0 Å². The Balaban J connectivity index is 2.21. The van der Waals surface area contributed by atoms with Crippen molar-refractivity contribution in [1.82, 2.24) is 0 Å². The van der Waals surface area contributed by atoms with E-state index in [9.17, 15) is 18.4 Å². The highest BCUT2D eigenvalue weighted by Gasteiger charge is 2.30. The van der Waals surface area contributed by atoms with Crippen molar-refractivity contribution in [1.29, 1.82) is 5.26 Å². The first-order valence-corrected chi connectivity index (χ1v) is 7.44. The average molecular weight is 348 g/mol. The van der Waals surface area contributed by atoms with Crippen LogP contribution in [0.5, 0.6) is 5.75 Å². The predicted octanol–water partition coefficient (Wildman–Crippen LogP) is 4.55. The summed E-state index contributed by atoms with van der Waals surface area (Å²) in [5.74, 6) is 0.0879. The smallest absolute Gasteiger partial charge is 0.416 e. The van der Waals surface area contributed by atoms with Gasteiger partial charge in [-0.2, -0.15) is 18.4 Å². The molecule has 0 heterocycles. The molecule has 2 aromatic rings. The predicted molar refractivity (Wildman–Crippen MR) is 86.0 cm³/mol. The standard InChI is InChI=1S/C18H15F3N2O2/c1-2-25-23-17(11-22)16-9-4-3-6-13(16)12-24-15-8-5-7-14(10-15)18(19,20)21/h3-10H,2,12H2,1H3. The van der Waals surface area contributed by atoms with Crippen LogP contribution in [0.15, 0.2) is 53.7 Å². The maximum Gasteiger partial charge on any atom is 0.416 e. The fraction of sp³-hybridized carbons (Fsp3) is 0.222. The zero-order valence-corrected chi connectivity index (χ0v) is 13.4. The van der Waals surface area contributed by atoms with Crippen LogP contribution in [-0.4, -0.2) is 12.3 Å². The quantitative estimate of drug-likeness (QED) is 0.568. The molecule has 0 amide bonds. The Morgan fingerprint density at radius 1 is 1.16 bits per heavy atom. The van der Waals surface area contributed by atoms with E-state index < -0.39 is 11.7 Å². The molecule has 0 unspecified atom stereocenters. The van der Waals surface area contributed by atoms with Crippen molar-refractivity contribution in [3.63, 3.8) is 0 Å². The largest absolute Gasteiger partial charge is 0.489 e. The van der Waals surface area contributed by atoms with Gasteiger partial charge in [-0.25, -0.2) is 0 Å². The van der Waals surface area contributed by atoms with Crippen LogP contribution in [0.4, 0.5) is 13.2 Å². The van der Waals surface area contributed by atoms with Gasteiger partial charge < -0.3 is 9.57 Å². The van der Waals surface area contributed by atoms with Crippen LogP contribution >= 0.6 is 0 Å². The van der Waals surface area contributed by atoms with Gasteiger partial charge in [0.15, 0.2) is 5.71 Å². The zero-order valence-electron chi connectivity index (χ0n) is 13.4. The fourth-order valence-corrected chi connectivity index (χ4v) is 2.06. The topological polar surface area (TPSA) is 54.6 Å². The number of halogens is 3. The van der Waals surface area contributed by atoms with Gasteiger partial charge in [0.1, 0.15) is 25.0 Å². The highest BCUT2D eigenvalue weighted by atomic mass is 19.4. The molecule has 0 bridgehead atoms. The van der Waals surface area contributed by atoms with E-state index in [1.165, 1.54) is 12.1 Å². The summed E-state index contributed by atoms with van der Waals surface area (Å²) in [5.41, 5.74) is 0.407. The van der Waals surface area contributed by atoms with Gasteiger partial charge in [0.05, 0.1) is 5.56 Å². The van der Waals surface area contributed by atoms with Gasteiger partial charge >= 0.3 is 6.18 Å². The van der Waals surface area contributed by atoms with Crippen LogP contribution < -0.4 is 4.74 Å². The molecule has 0 saturated heterocycles. The summed E-state index contributed by atoms with van der Waals surface area (Å²) < 4.78 is 43.7. The summed E-state index contributed by atoms with van der Waals surface area (Å²) in [7, 11) is 0. The molecule has 0 N–H and O–H groups in total. The number of rotatable bonds is 6. The van der Waals surface area contributed by atoms with Gasteiger partial charge in [-0.3, -0.25) is 0 Å². The number of nitriles is 1. The Kier molecular flexibility index (Phi) is 6.01. The van der Waals surface area contributed by atoms with Gasteiger partial charge in [-0.1, -0.05) is 35.5 Å². The average Bonchev–Trinajstić information content (AvgIpc) is 2.61. The lowest BCUT2D eigenvalue weighted by Gasteiger charge is -2.12. The highest BCUT2D eigenvalue weighted by Crippen LogP contribution is 2.31. The first-order valence-electron chi connectivity index (χ1n) is 7.44. The molecule has 0 fully saturated rings.